The molecule has 0 bridgehead atoms. The van der Waals surface area contributed by atoms with Gasteiger partial charge in [-0.3, -0.25) is 19.6 Å². The first kappa shape index (κ1) is 25.0. The van der Waals surface area contributed by atoms with Crippen molar-refractivity contribution in [2.45, 2.75) is 57.2 Å². The number of benzene rings is 1. The van der Waals surface area contributed by atoms with Crippen LogP contribution in [-0.2, 0) is 4.79 Å². The van der Waals surface area contributed by atoms with Crippen molar-refractivity contribution in [2.24, 2.45) is 5.92 Å². The van der Waals surface area contributed by atoms with E-state index in [2.05, 4.69) is 35.9 Å². The van der Waals surface area contributed by atoms with Crippen molar-refractivity contribution in [1.82, 2.24) is 35.9 Å². The molecule has 3 aromatic rings. The number of piperidine rings is 1. The quantitative estimate of drug-likeness (QED) is 0.443. The van der Waals surface area contributed by atoms with Crippen molar-refractivity contribution < 1.29 is 22.9 Å². The van der Waals surface area contributed by atoms with E-state index in [1.54, 1.807) is 0 Å². The second kappa shape index (κ2) is 10.8. The molecule has 3 N–H and O–H groups in total. The summed E-state index contributed by atoms with van der Waals surface area (Å²) in [5.74, 6) is -2.20. The monoisotopic (exact) mass is 513 g/mol. The van der Waals surface area contributed by atoms with Crippen LogP contribution in [0.5, 0.6) is 0 Å². The molecule has 2 aliphatic rings. The highest BCUT2D eigenvalue weighted by atomic mass is 19.1. The Kier molecular flexibility index (Phi) is 7.26. The summed E-state index contributed by atoms with van der Waals surface area (Å²) in [7, 11) is 0. The molecule has 2 amide bonds. The summed E-state index contributed by atoms with van der Waals surface area (Å²) in [5, 5.41) is 16.3. The standard InChI is InChI=1S/C25H29F2N7O3/c1-14(23-28-13-29-32-23)30-24(35)18-12-34(16-4-2-3-5-16)9-8-20(18)31-25(36)21-11-22(37-33-21)17-7-6-15(26)10-19(17)27/h6-7,10-11,13-14,16,18,20H,2-5,8-9,12H2,1H3,(H,30,35)(H,31,36)(H,28,29,32)/t14?,18-,20-/m0/s1. The summed E-state index contributed by atoms with van der Waals surface area (Å²) in [4.78, 5) is 32.9. The number of likely N-dealkylation sites (tertiary alicyclic amines) is 1. The van der Waals surface area contributed by atoms with Gasteiger partial charge in [-0.05, 0) is 38.3 Å². The fourth-order valence-corrected chi connectivity index (χ4v) is 5.27. The smallest absolute Gasteiger partial charge is 0.273 e. The van der Waals surface area contributed by atoms with Gasteiger partial charge in [0.15, 0.2) is 11.5 Å². The lowest BCUT2D eigenvalue weighted by molar-refractivity contribution is -0.128. The van der Waals surface area contributed by atoms with E-state index in [1.807, 2.05) is 6.92 Å². The lowest BCUT2D eigenvalue weighted by atomic mass is 9.89. The normalized spacial score (nSPS) is 21.6. The van der Waals surface area contributed by atoms with Gasteiger partial charge in [0.2, 0.25) is 5.91 Å². The number of rotatable bonds is 7. The van der Waals surface area contributed by atoms with Crippen LogP contribution < -0.4 is 10.6 Å². The third-order valence-electron chi connectivity index (χ3n) is 7.28. The molecule has 12 heteroatoms. The maximum absolute atomic E-state index is 14.1. The predicted molar refractivity (Wildman–Crippen MR) is 128 cm³/mol. The van der Waals surface area contributed by atoms with Crippen LogP contribution in [0.25, 0.3) is 11.3 Å². The lowest BCUT2D eigenvalue weighted by Crippen LogP contribution is -2.57. The Labute approximate surface area is 212 Å². The van der Waals surface area contributed by atoms with E-state index < -0.39 is 29.5 Å². The third-order valence-corrected chi connectivity index (χ3v) is 7.28. The maximum atomic E-state index is 14.1. The van der Waals surface area contributed by atoms with Gasteiger partial charge in [0, 0.05) is 37.3 Å². The molecule has 1 saturated heterocycles. The first-order valence-electron chi connectivity index (χ1n) is 12.5. The molecule has 3 atom stereocenters. The van der Waals surface area contributed by atoms with Crippen molar-refractivity contribution in [2.75, 3.05) is 13.1 Å². The van der Waals surface area contributed by atoms with Crippen molar-refractivity contribution in [3.63, 3.8) is 0 Å². The minimum Gasteiger partial charge on any atom is -0.355 e. The number of amides is 2. The zero-order chi connectivity index (χ0) is 25.9. The van der Waals surface area contributed by atoms with Gasteiger partial charge in [-0.15, -0.1) is 0 Å². The number of nitrogens with one attached hydrogen (secondary N) is 3. The summed E-state index contributed by atoms with van der Waals surface area (Å²) in [6.45, 7) is 3.10. The molecule has 1 aromatic carbocycles. The molecule has 1 aliphatic heterocycles. The number of carbonyl (C=O) groups excluding carboxylic acids is 2. The first-order chi connectivity index (χ1) is 17.9. The highest BCUT2D eigenvalue weighted by Crippen LogP contribution is 2.29. The lowest BCUT2D eigenvalue weighted by Gasteiger charge is -2.41. The molecule has 2 aromatic heterocycles. The Morgan fingerprint density at radius 3 is 2.73 bits per heavy atom. The second-order valence-corrected chi connectivity index (χ2v) is 9.71. The van der Waals surface area contributed by atoms with Gasteiger partial charge in [-0.2, -0.15) is 5.10 Å². The van der Waals surface area contributed by atoms with Gasteiger partial charge in [0.1, 0.15) is 23.8 Å². The van der Waals surface area contributed by atoms with E-state index in [-0.39, 0.29) is 29.0 Å². The Balaban J connectivity index is 1.30. The van der Waals surface area contributed by atoms with Crippen LogP contribution in [-0.4, -0.2) is 62.2 Å². The van der Waals surface area contributed by atoms with E-state index in [0.717, 1.165) is 31.5 Å². The molecule has 10 nitrogen and oxygen atoms in total. The molecule has 1 unspecified atom stereocenters. The minimum absolute atomic E-state index is 0.00326. The van der Waals surface area contributed by atoms with Crippen LogP contribution in [0.4, 0.5) is 8.78 Å². The van der Waals surface area contributed by atoms with Gasteiger partial charge in [-0.1, -0.05) is 18.0 Å². The SMILES string of the molecule is CC(NC(=O)[C@H]1CN(C2CCCC2)CC[C@@H]1NC(=O)c1cc(-c2ccc(F)cc2F)on1)c1ncn[nH]1. The Hall–Kier alpha value is -3.67. The third kappa shape index (κ3) is 5.53. The average Bonchev–Trinajstić information content (AvgIpc) is 3.67. The van der Waals surface area contributed by atoms with Gasteiger partial charge in [-0.25, -0.2) is 13.8 Å². The van der Waals surface area contributed by atoms with Crippen LogP contribution in [0.1, 0.15) is 61.4 Å². The number of halogens is 2. The summed E-state index contributed by atoms with van der Waals surface area (Å²) >= 11 is 0. The predicted octanol–water partition coefficient (Wildman–Crippen LogP) is 2.98. The van der Waals surface area contributed by atoms with Gasteiger partial charge >= 0.3 is 0 Å². The number of hydrogen-bond acceptors (Lipinski definition) is 7. The van der Waals surface area contributed by atoms with Crippen LogP contribution >= 0.6 is 0 Å². The van der Waals surface area contributed by atoms with Crippen molar-refractivity contribution >= 4 is 11.8 Å². The highest BCUT2D eigenvalue weighted by molar-refractivity contribution is 5.94. The largest absolute Gasteiger partial charge is 0.355 e. The zero-order valence-electron chi connectivity index (χ0n) is 20.4. The molecule has 3 heterocycles. The molecule has 2 fully saturated rings. The van der Waals surface area contributed by atoms with Gasteiger partial charge in [0.05, 0.1) is 17.5 Å². The fraction of sp³-hybridized carbons (Fsp3) is 0.480. The Bertz CT molecular complexity index is 1240. The number of hydrogen-bond donors (Lipinski definition) is 3. The van der Waals surface area contributed by atoms with Gasteiger partial charge in [0.25, 0.3) is 5.91 Å². The van der Waals surface area contributed by atoms with E-state index in [9.17, 15) is 18.4 Å². The Morgan fingerprint density at radius 2 is 2.00 bits per heavy atom. The van der Waals surface area contributed by atoms with E-state index in [1.165, 1.54) is 31.3 Å². The molecular weight excluding hydrogens is 484 g/mol. The average molecular weight is 514 g/mol. The first-order valence-corrected chi connectivity index (χ1v) is 12.5. The van der Waals surface area contributed by atoms with Crippen LogP contribution in [0.2, 0.25) is 0 Å². The zero-order valence-corrected chi connectivity index (χ0v) is 20.4. The highest BCUT2D eigenvalue weighted by Gasteiger charge is 2.39. The molecule has 1 saturated carbocycles. The number of carbonyl (C=O) groups is 2. The molecule has 5 rings (SSSR count). The van der Waals surface area contributed by atoms with Crippen LogP contribution in [0.3, 0.4) is 0 Å². The van der Waals surface area contributed by atoms with Crippen LogP contribution in [0.15, 0.2) is 35.1 Å². The van der Waals surface area contributed by atoms with Crippen molar-refractivity contribution in [3.05, 3.63) is 53.7 Å². The van der Waals surface area contributed by atoms with Gasteiger partial charge < -0.3 is 15.2 Å². The van der Waals surface area contributed by atoms with Crippen LogP contribution in [0, 0.1) is 17.6 Å². The summed E-state index contributed by atoms with van der Waals surface area (Å²) in [6, 6.07) is 4.00. The Morgan fingerprint density at radius 1 is 1.19 bits per heavy atom. The topological polar surface area (TPSA) is 129 Å². The fourth-order valence-electron chi connectivity index (χ4n) is 5.27. The van der Waals surface area contributed by atoms with Crippen molar-refractivity contribution in [3.8, 4) is 11.3 Å². The number of aromatic amines is 1. The second-order valence-electron chi connectivity index (χ2n) is 9.71. The number of H-pyrrole nitrogens is 1. The summed E-state index contributed by atoms with van der Waals surface area (Å²) in [6.07, 6.45) is 6.57. The van der Waals surface area contributed by atoms with E-state index >= 15 is 0 Å². The molecule has 196 valence electrons. The van der Waals surface area contributed by atoms with Crippen molar-refractivity contribution in [1.29, 1.82) is 0 Å². The molecule has 1 aliphatic carbocycles. The molecule has 0 radical (unpaired) electrons. The molecule has 37 heavy (non-hydrogen) atoms. The minimum atomic E-state index is -0.819. The van der Waals surface area contributed by atoms with E-state index in [4.69, 9.17) is 4.52 Å². The maximum Gasteiger partial charge on any atom is 0.273 e. The molecule has 0 spiro atoms. The number of nitrogens with zero attached hydrogens (tertiary/aromatic N) is 4. The van der Waals surface area contributed by atoms with E-state index in [0.29, 0.717) is 24.8 Å². The molecular formula is C25H29F2N7O3. The number of aromatic nitrogens is 4. The summed E-state index contributed by atoms with van der Waals surface area (Å²) in [5.41, 5.74) is -0.0531. The summed E-state index contributed by atoms with van der Waals surface area (Å²) < 4.78 is 32.5.